The SMILES string of the molecule is Cc1ccc2cc3n(c2c1)C[C@@](C(=O)NC1CCCCCCC1)(c1ccccc1)N(Cc1ccccc1)C3=O. The Labute approximate surface area is 230 Å². The highest BCUT2D eigenvalue weighted by molar-refractivity contribution is 6.04. The van der Waals surface area contributed by atoms with Crippen molar-refractivity contribution in [3.63, 3.8) is 0 Å². The van der Waals surface area contributed by atoms with Crippen LogP contribution in [0.15, 0.2) is 84.9 Å². The van der Waals surface area contributed by atoms with Gasteiger partial charge in [0.1, 0.15) is 5.69 Å². The van der Waals surface area contributed by atoms with Crippen molar-refractivity contribution in [2.45, 2.75) is 76.5 Å². The molecule has 5 nitrogen and oxygen atoms in total. The maximum atomic E-state index is 14.7. The van der Waals surface area contributed by atoms with Gasteiger partial charge in [-0.05, 0) is 48.6 Å². The Bertz CT molecular complexity index is 1470. The first-order chi connectivity index (χ1) is 19.1. The van der Waals surface area contributed by atoms with Gasteiger partial charge in [0.25, 0.3) is 11.8 Å². The molecule has 200 valence electrons. The molecule has 1 aromatic heterocycles. The van der Waals surface area contributed by atoms with E-state index in [1.807, 2.05) is 71.6 Å². The van der Waals surface area contributed by atoms with Crippen LogP contribution in [0.4, 0.5) is 0 Å². The lowest BCUT2D eigenvalue weighted by Crippen LogP contribution is -2.64. The number of rotatable bonds is 5. The molecule has 39 heavy (non-hydrogen) atoms. The van der Waals surface area contributed by atoms with E-state index < -0.39 is 5.54 Å². The van der Waals surface area contributed by atoms with Gasteiger partial charge in [0, 0.05) is 23.5 Å². The molecule has 2 heterocycles. The summed E-state index contributed by atoms with van der Waals surface area (Å²) in [5, 5.41) is 4.49. The average Bonchev–Trinajstić information content (AvgIpc) is 3.30. The maximum Gasteiger partial charge on any atom is 0.272 e. The first-order valence-corrected chi connectivity index (χ1v) is 14.4. The minimum atomic E-state index is -1.18. The maximum absolute atomic E-state index is 14.7. The van der Waals surface area contributed by atoms with E-state index >= 15 is 0 Å². The average molecular weight is 520 g/mol. The monoisotopic (exact) mass is 519 g/mol. The molecule has 3 aromatic carbocycles. The predicted molar refractivity (Wildman–Crippen MR) is 155 cm³/mol. The number of hydrogen-bond acceptors (Lipinski definition) is 2. The molecule has 0 spiro atoms. The molecule has 0 radical (unpaired) electrons. The minimum absolute atomic E-state index is 0.0799. The van der Waals surface area contributed by atoms with Crippen LogP contribution in [0.25, 0.3) is 10.9 Å². The van der Waals surface area contributed by atoms with Crippen LogP contribution in [0, 0.1) is 6.92 Å². The normalized spacial score (nSPS) is 20.3. The predicted octanol–water partition coefficient (Wildman–Crippen LogP) is 6.73. The molecular formula is C34H37N3O2. The number of fused-ring (bicyclic) bond motifs is 3. The van der Waals surface area contributed by atoms with Crippen LogP contribution in [-0.2, 0) is 23.4 Å². The molecule has 4 aromatic rings. The Morgan fingerprint density at radius 2 is 1.54 bits per heavy atom. The lowest BCUT2D eigenvalue weighted by atomic mass is 9.83. The number of aromatic nitrogens is 1. The Kier molecular flexibility index (Phi) is 6.99. The van der Waals surface area contributed by atoms with E-state index in [9.17, 15) is 9.59 Å². The fourth-order valence-corrected chi connectivity index (χ4v) is 6.50. The topological polar surface area (TPSA) is 54.3 Å². The number of benzene rings is 3. The highest BCUT2D eigenvalue weighted by Crippen LogP contribution is 2.40. The van der Waals surface area contributed by atoms with Crippen molar-refractivity contribution < 1.29 is 9.59 Å². The summed E-state index contributed by atoms with van der Waals surface area (Å²) in [4.78, 5) is 31.1. The van der Waals surface area contributed by atoms with Gasteiger partial charge in [-0.25, -0.2) is 0 Å². The molecule has 2 aliphatic rings. The first kappa shape index (κ1) is 25.4. The highest BCUT2D eigenvalue weighted by atomic mass is 16.2. The Balaban J connectivity index is 1.52. The fraction of sp³-hybridized carbons (Fsp3) is 0.353. The molecule has 1 saturated carbocycles. The second-order valence-electron chi connectivity index (χ2n) is 11.3. The van der Waals surface area contributed by atoms with Crippen LogP contribution in [0.5, 0.6) is 0 Å². The minimum Gasteiger partial charge on any atom is -0.351 e. The first-order valence-electron chi connectivity index (χ1n) is 14.4. The smallest absolute Gasteiger partial charge is 0.272 e. The lowest BCUT2D eigenvalue weighted by Gasteiger charge is -2.47. The molecule has 2 amide bonds. The van der Waals surface area contributed by atoms with E-state index in [4.69, 9.17) is 0 Å². The number of amides is 2. The van der Waals surface area contributed by atoms with Gasteiger partial charge in [0.2, 0.25) is 0 Å². The molecule has 5 heteroatoms. The summed E-state index contributed by atoms with van der Waals surface area (Å²) < 4.78 is 2.08. The van der Waals surface area contributed by atoms with Crippen LogP contribution in [-0.4, -0.2) is 27.3 Å². The van der Waals surface area contributed by atoms with Crippen LogP contribution < -0.4 is 5.32 Å². The van der Waals surface area contributed by atoms with Gasteiger partial charge in [-0.15, -0.1) is 0 Å². The highest BCUT2D eigenvalue weighted by Gasteiger charge is 2.52. The summed E-state index contributed by atoms with van der Waals surface area (Å²) in [6.45, 7) is 2.79. The van der Waals surface area contributed by atoms with E-state index in [1.165, 1.54) is 19.3 Å². The van der Waals surface area contributed by atoms with Crippen molar-refractivity contribution >= 4 is 22.7 Å². The summed E-state index contributed by atoms with van der Waals surface area (Å²) in [5.41, 5.74) is 3.43. The van der Waals surface area contributed by atoms with Gasteiger partial charge in [-0.3, -0.25) is 9.59 Å². The second-order valence-corrected chi connectivity index (χ2v) is 11.3. The van der Waals surface area contributed by atoms with E-state index in [2.05, 4.69) is 35.0 Å². The fourth-order valence-electron chi connectivity index (χ4n) is 6.50. The Hall–Kier alpha value is -3.86. The number of carbonyl (C=O) groups is 2. The number of hydrogen-bond donors (Lipinski definition) is 1. The van der Waals surface area contributed by atoms with E-state index in [-0.39, 0.29) is 17.9 Å². The molecular weight excluding hydrogens is 482 g/mol. The Morgan fingerprint density at radius 3 is 2.26 bits per heavy atom. The molecule has 1 atom stereocenters. The number of nitrogens with one attached hydrogen (secondary N) is 1. The van der Waals surface area contributed by atoms with Gasteiger partial charge in [0.15, 0.2) is 5.54 Å². The molecule has 1 N–H and O–H groups in total. The number of nitrogens with zero attached hydrogens (tertiary/aromatic N) is 2. The number of aryl methyl sites for hydroxylation is 1. The molecule has 6 rings (SSSR count). The van der Waals surface area contributed by atoms with Crippen LogP contribution in [0.3, 0.4) is 0 Å². The van der Waals surface area contributed by atoms with Gasteiger partial charge >= 0.3 is 0 Å². The van der Waals surface area contributed by atoms with Crippen LogP contribution in [0.2, 0.25) is 0 Å². The molecule has 1 aliphatic carbocycles. The van der Waals surface area contributed by atoms with Gasteiger partial charge in [-0.2, -0.15) is 0 Å². The zero-order chi connectivity index (χ0) is 26.8. The van der Waals surface area contributed by atoms with Gasteiger partial charge < -0.3 is 14.8 Å². The third-order valence-corrected chi connectivity index (χ3v) is 8.62. The Morgan fingerprint density at radius 1 is 0.872 bits per heavy atom. The van der Waals surface area contributed by atoms with Gasteiger partial charge in [0.05, 0.1) is 6.54 Å². The summed E-state index contributed by atoms with van der Waals surface area (Å²) in [7, 11) is 0. The number of carbonyl (C=O) groups excluding carboxylic acids is 2. The molecule has 0 bridgehead atoms. The zero-order valence-electron chi connectivity index (χ0n) is 22.7. The summed E-state index contributed by atoms with van der Waals surface area (Å²) >= 11 is 0. The van der Waals surface area contributed by atoms with Crippen molar-refractivity contribution in [2.75, 3.05) is 0 Å². The van der Waals surface area contributed by atoms with Crippen LogP contribution in [0.1, 0.15) is 72.1 Å². The van der Waals surface area contributed by atoms with E-state index in [1.54, 1.807) is 0 Å². The van der Waals surface area contributed by atoms with E-state index in [0.717, 1.165) is 53.3 Å². The summed E-state index contributed by atoms with van der Waals surface area (Å²) in [6, 6.07) is 28.3. The second kappa shape index (κ2) is 10.7. The third kappa shape index (κ3) is 4.75. The van der Waals surface area contributed by atoms with Crippen molar-refractivity contribution in [2.24, 2.45) is 0 Å². The summed E-state index contributed by atoms with van der Waals surface area (Å²) in [5.74, 6) is -0.195. The zero-order valence-corrected chi connectivity index (χ0v) is 22.7. The van der Waals surface area contributed by atoms with Crippen molar-refractivity contribution in [1.29, 1.82) is 0 Å². The van der Waals surface area contributed by atoms with Gasteiger partial charge in [-0.1, -0.05) is 105 Å². The van der Waals surface area contributed by atoms with E-state index in [0.29, 0.717) is 18.8 Å². The van der Waals surface area contributed by atoms with Crippen molar-refractivity contribution in [3.05, 3.63) is 107 Å². The summed E-state index contributed by atoms with van der Waals surface area (Å²) in [6.07, 6.45) is 7.93. The lowest BCUT2D eigenvalue weighted by molar-refractivity contribution is -0.136. The molecule has 1 fully saturated rings. The van der Waals surface area contributed by atoms with Crippen molar-refractivity contribution in [3.8, 4) is 0 Å². The largest absolute Gasteiger partial charge is 0.351 e. The molecule has 1 aliphatic heterocycles. The molecule has 0 saturated heterocycles. The van der Waals surface area contributed by atoms with Crippen LogP contribution >= 0.6 is 0 Å². The standard InChI is InChI=1S/C34H37N3O2/c1-25-19-20-27-22-31-32(38)37(23-26-13-7-5-8-14-26)34(24-36(31)30(27)21-25,28-15-9-6-10-16-28)33(39)35-29-17-11-3-2-4-12-18-29/h5-10,13-16,19-22,29H,2-4,11-12,17-18,23-24H2,1H3,(H,35,39)/t34-/m0/s1. The third-order valence-electron chi connectivity index (χ3n) is 8.62. The quantitative estimate of drug-likeness (QED) is 0.318. The van der Waals surface area contributed by atoms with Crippen molar-refractivity contribution in [1.82, 2.24) is 14.8 Å². The molecule has 0 unspecified atom stereocenters.